The number of carbonyl (C=O) groups excluding carboxylic acids is 1. The molecule has 0 heterocycles. The summed E-state index contributed by atoms with van der Waals surface area (Å²) in [5, 5.41) is 21.6. The van der Waals surface area contributed by atoms with Gasteiger partial charge in [0.05, 0.1) is 18.9 Å². The van der Waals surface area contributed by atoms with Crippen LogP contribution in [0.1, 0.15) is 25.5 Å². The number of carbonyl (C=O) groups is 1. The summed E-state index contributed by atoms with van der Waals surface area (Å²) in [6, 6.07) is 4.85. The number of rotatable bonds is 4. The molecule has 17 heavy (non-hydrogen) atoms. The molecule has 5 heteroatoms. The Kier molecular flexibility index (Phi) is 4.48. The van der Waals surface area contributed by atoms with Gasteiger partial charge in [0.2, 0.25) is 5.91 Å². The van der Waals surface area contributed by atoms with Gasteiger partial charge in [0.1, 0.15) is 11.9 Å². The molecule has 0 aromatic heterocycles. The molecule has 2 unspecified atom stereocenters. The van der Waals surface area contributed by atoms with Crippen LogP contribution >= 0.6 is 0 Å². The summed E-state index contributed by atoms with van der Waals surface area (Å²) < 4.78 is 5.08. The van der Waals surface area contributed by atoms with Crippen LogP contribution in [0.15, 0.2) is 18.2 Å². The van der Waals surface area contributed by atoms with Crippen molar-refractivity contribution in [3.63, 3.8) is 0 Å². The van der Waals surface area contributed by atoms with Gasteiger partial charge in [-0.25, -0.2) is 0 Å². The predicted octanol–water partition coefficient (Wildman–Crippen LogP) is 1.07. The fourth-order valence-electron chi connectivity index (χ4n) is 1.48. The molecule has 0 radical (unpaired) electrons. The van der Waals surface area contributed by atoms with Crippen molar-refractivity contribution in [2.24, 2.45) is 0 Å². The number of hydrogen-bond acceptors (Lipinski definition) is 4. The maximum Gasteiger partial charge on any atom is 0.221 e. The van der Waals surface area contributed by atoms with Gasteiger partial charge in [-0.2, -0.15) is 0 Å². The molecule has 5 nitrogen and oxygen atoms in total. The van der Waals surface area contributed by atoms with Crippen molar-refractivity contribution in [2.75, 3.05) is 12.4 Å². The van der Waals surface area contributed by atoms with E-state index in [9.17, 15) is 15.0 Å². The Morgan fingerprint density at radius 3 is 2.53 bits per heavy atom. The minimum atomic E-state index is -0.992. The lowest BCUT2D eigenvalue weighted by molar-refractivity contribution is -0.114. The largest absolute Gasteiger partial charge is 0.495 e. The summed E-state index contributed by atoms with van der Waals surface area (Å²) in [4.78, 5) is 11.0. The van der Waals surface area contributed by atoms with Crippen molar-refractivity contribution in [2.45, 2.75) is 26.1 Å². The molecule has 2 atom stereocenters. The van der Waals surface area contributed by atoms with E-state index in [1.165, 1.54) is 21.0 Å². The maximum atomic E-state index is 11.0. The van der Waals surface area contributed by atoms with Gasteiger partial charge in [-0.15, -0.1) is 0 Å². The normalized spacial score (nSPS) is 13.9. The number of aliphatic hydroxyl groups is 2. The van der Waals surface area contributed by atoms with Gasteiger partial charge in [0.25, 0.3) is 0 Å². The lowest BCUT2D eigenvalue weighted by Crippen LogP contribution is -2.14. The fourth-order valence-corrected chi connectivity index (χ4v) is 1.48. The minimum Gasteiger partial charge on any atom is -0.495 e. The fraction of sp³-hybridized carbons (Fsp3) is 0.417. The summed E-state index contributed by atoms with van der Waals surface area (Å²) in [5.74, 6) is 0.272. The van der Waals surface area contributed by atoms with Crippen LogP contribution < -0.4 is 10.1 Å². The molecule has 0 saturated heterocycles. The Bertz CT molecular complexity index is 403. The van der Waals surface area contributed by atoms with Gasteiger partial charge in [-0.05, 0) is 24.6 Å². The molecule has 0 saturated carbocycles. The summed E-state index contributed by atoms with van der Waals surface area (Å²) in [5.41, 5.74) is 0.988. The van der Waals surface area contributed by atoms with Crippen LogP contribution in [-0.2, 0) is 4.79 Å². The number of hydrogen-bond donors (Lipinski definition) is 3. The van der Waals surface area contributed by atoms with E-state index in [1.54, 1.807) is 18.2 Å². The van der Waals surface area contributed by atoms with Crippen LogP contribution in [0.3, 0.4) is 0 Å². The van der Waals surface area contributed by atoms with Gasteiger partial charge in [-0.1, -0.05) is 6.07 Å². The van der Waals surface area contributed by atoms with Gasteiger partial charge in [0, 0.05) is 6.92 Å². The van der Waals surface area contributed by atoms with Gasteiger partial charge >= 0.3 is 0 Å². The smallest absolute Gasteiger partial charge is 0.221 e. The number of anilines is 1. The van der Waals surface area contributed by atoms with E-state index in [2.05, 4.69) is 5.32 Å². The topological polar surface area (TPSA) is 78.8 Å². The van der Waals surface area contributed by atoms with Crippen molar-refractivity contribution in [1.29, 1.82) is 0 Å². The summed E-state index contributed by atoms with van der Waals surface area (Å²) in [6.45, 7) is 2.88. The third kappa shape index (κ3) is 3.44. The first-order valence-corrected chi connectivity index (χ1v) is 5.27. The quantitative estimate of drug-likeness (QED) is 0.734. The summed E-state index contributed by atoms with van der Waals surface area (Å²) in [6.07, 6.45) is -1.87. The van der Waals surface area contributed by atoms with Crippen molar-refractivity contribution >= 4 is 11.6 Å². The van der Waals surface area contributed by atoms with E-state index in [0.717, 1.165) is 0 Å². The first-order valence-electron chi connectivity index (χ1n) is 5.27. The SMILES string of the molecule is COc1ccc(C(O)C(C)O)cc1NC(C)=O. The summed E-state index contributed by atoms with van der Waals surface area (Å²) >= 11 is 0. The Balaban J connectivity index is 3.08. The van der Waals surface area contributed by atoms with Crippen molar-refractivity contribution in [3.05, 3.63) is 23.8 Å². The van der Waals surface area contributed by atoms with E-state index in [4.69, 9.17) is 4.74 Å². The van der Waals surface area contributed by atoms with E-state index in [0.29, 0.717) is 17.0 Å². The number of aliphatic hydroxyl groups excluding tert-OH is 2. The van der Waals surface area contributed by atoms with Crippen molar-refractivity contribution in [3.8, 4) is 5.75 Å². The Morgan fingerprint density at radius 2 is 2.06 bits per heavy atom. The second kappa shape index (κ2) is 5.65. The molecule has 0 fully saturated rings. The highest BCUT2D eigenvalue weighted by Gasteiger charge is 2.16. The first kappa shape index (κ1) is 13.5. The molecule has 0 bridgehead atoms. The molecule has 0 spiro atoms. The first-order chi connectivity index (χ1) is 7.95. The van der Waals surface area contributed by atoms with Crippen LogP contribution in [0.25, 0.3) is 0 Å². The van der Waals surface area contributed by atoms with Crippen molar-refractivity contribution < 1.29 is 19.7 Å². The van der Waals surface area contributed by atoms with E-state index in [-0.39, 0.29) is 5.91 Å². The second-order valence-corrected chi connectivity index (χ2v) is 3.83. The molecule has 0 aliphatic carbocycles. The summed E-state index contributed by atoms with van der Waals surface area (Å²) in [7, 11) is 1.49. The van der Waals surface area contributed by atoms with E-state index >= 15 is 0 Å². The molecule has 1 rings (SSSR count). The van der Waals surface area contributed by atoms with Crippen molar-refractivity contribution in [1.82, 2.24) is 0 Å². The number of methoxy groups -OCH3 is 1. The lowest BCUT2D eigenvalue weighted by Gasteiger charge is -2.16. The minimum absolute atomic E-state index is 0.230. The Morgan fingerprint density at radius 1 is 1.41 bits per heavy atom. The maximum absolute atomic E-state index is 11.0. The van der Waals surface area contributed by atoms with Crippen LogP contribution in [0.5, 0.6) is 5.75 Å². The van der Waals surface area contributed by atoms with Crippen LogP contribution in [0, 0.1) is 0 Å². The molecule has 3 N–H and O–H groups in total. The third-order valence-corrected chi connectivity index (χ3v) is 2.33. The average molecular weight is 239 g/mol. The number of amides is 1. The van der Waals surface area contributed by atoms with Crippen LogP contribution in [0.2, 0.25) is 0 Å². The second-order valence-electron chi connectivity index (χ2n) is 3.83. The highest BCUT2D eigenvalue weighted by Crippen LogP contribution is 2.29. The zero-order valence-corrected chi connectivity index (χ0v) is 10.1. The molecule has 1 aromatic rings. The zero-order valence-electron chi connectivity index (χ0n) is 10.1. The Hall–Kier alpha value is -1.59. The van der Waals surface area contributed by atoms with Gasteiger partial charge < -0.3 is 20.3 Å². The monoisotopic (exact) mass is 239 g/mol. The van der Waals surface area contributed by atoms with Gasteiger partial charge in [0.15, 0.2) is 0 Å². The van der Waals surface area contributed by atoms with E-state index in [1.807, 2.05) is 0 Å². The number of nitrogens with one attached hydrogen (secondary N) is 1. The van der Waals surface area contributed by atoms with Crippen LogP contribution in [0.4, 0.5) is 5.69 Å². The molecule has 0 aliphatic heterocycles. The molecular formula is C12H17NO4. The van der Waals surface area contributed by atoms with Gasteiger partial charge in [-0.3, -0.25) is 4.79 Å². The molecule has 1 amide bonds. The number of benzene rings is 1. The standard InChI is InChI=1S/C12H17NO4/c1-7(14)12(16)9-4-5-11(17-3)10(6-9)13-8(2)15/h4-7,12,14,16H,1-3H3,(H,13,15). The molecule has 94 valence electrons. The third-order valence-electron chi connectivity index (χ3n) is 2.33. The highest BCUT2D eigenvalue weighted by molar-refractivity contribution is 5.90. The predicted molar refractivity (Wildman–Crippen MR) is 63.9 cm³/mol. The van der Waals surface area contributed by atoms with E-state index < -0.39 is 12.2 Å². The molecular weight excluding hydrogens is 222 g/mol. The molecule has 1 aromatic carbocycles. The number of ether oxygens (including phenoxy) is 1. The average Bonchev–Trinajstić information content (AvgIpc) is 2.27. The zero-order chi connectivity index (χ0) is 13.0. The molecule has 0 aliphatic rings. The lowest BCUT2D eigenvalue weighted by atomic mass is 10.0. The van der Waals surface area contributed by atoms with Crippen LogP contribution in [-0.4, -0.2) is 29.3 Å². The highest BCUT2D eigenvalue weighted by atomic mass is 16.5. The Labute approximate surface area is 100 Å².